The van der Waals surface area contributed by atoms with Crippen molar-refractivity contribution in [3.8, 4) is 0 Å². The van der Waals surface area contributed by atoms with Crippen molar-refractivity contribution >= 4 is 49.0 Å². The number of hydrazine groups is 1. The molecule has 0 spiro atoms. The van der Waals surface area contributed by atoms with Gasteiger partial charge in [-0.05, 0) is 64.3 Å². The highest BCUT2D eigenvalue weighted by molar-refractivity contribution is 9.10. The molecule has 0 bridgehead atoms. The van der Waals surface area contributed by atoms with Crippen molar-refractivity contribution in [2.75, 3.05) is 18.6 Å². The number of amides is 1. The van der Waals surface area contributed by atoms with Crippen LogP contribution in [0.3, 0.4) is 0 Å². The summed E-state index contributed by atoms with van der Waals surface area (Å²) >= 11 is 6.92. The van der Waals surface area contributed by atoms with Crippen LogP contribution in [-0.4, -0.2) is 34.1 Å². The Morgan fingerprint density at radius 3 is 2.75 bits per heavy atom. The Labute approximate surface area is 156 Å². The molecule has 7 heteroatoms. The average molecular weight is 450 g/mol. The summed E-state index contributed by atoms with van der Waals surface area (Å²) in [5.41, 5.74) is 3.62. The number of carbonyl (C=O) groups is 1. The summed E-state index contributed by atoms with van der Waals surface area (Å²) in [6.45, 7) is 0.635. The van der Waals surface area contributed by atoms with Crippen LogP contribution in [-0.2, 0) is 6.42 Å². The lowest BCUT2D eigenvalue weighted by atomic mass is 10.1. The molecule has 24 heavy (non-hydrogen) atoms. The standard InChI is InChI=1S/C17H14Br2N4O/c1-21-16-5-3-12(18)8-11(16)6-7-23(21)17(24)15-9-14-4-2-13(19)10-22(14)20-15/h2-5,8-10H,6-7H2,1H3. The van der Waals surface area contributed by atoms with E-state index < -0.39 is 0 Å². The van der Waals surface area contributed by atoms with Gasteiger partial charge in [-0.3, -0.25) is 9.80 Å². The minimum absolute atomic E-state index is 0.0918. The van der Waals surface area contributed by atoms with E-state index in [9.17, 15) is 4.79 Å². The second-order valence-electron chi connectivity index (χ2n) is 5.72. The first-order valence-electron chi connectivity index (χ1n) is 7.52. The largest absolute Gasteiger partial charge is 0.292 e. The summed E-state index contributed by atoms with van der Waals surface area (Å²) in [5, 5.41) is 8.07. The van der Waals surface area contributed by atoms with E-state index in [4.69, 9.17) is 0 Å². The molecular weight excluding hydrogens is 436 g/mol. The highest BCUT2D eigenvalue weighted by atomic mass is 79.9. The predicted molar refractivity (Wildman–Crippen MR) is 100 cm³/mol. The molecule has 1 aliphatic rings. The number of benzene rings is 1. The Morgan fingerprint density at radius 1 is 1.12 bits per heavy atom. The van der Waals surface area contributed by atoms with Gasteiger partial charge in [0.1, 0.15) is 0 Å². The van der Waals surface area contributed by atoms with Gasteiger partial charge in [0.15, 0.2) is 5.69 Å². The molecular formula is C17H14Br2N4O. The summed E-state index contributed by atoms with van der Waals surface area (Å²) < 4.78 is 3.69. The van der Waals surface area contributed by atoms with Crippen molar-refractivity contribution < 1.29 is 4.79 Å². The van der Waals surface area contributed by atoms with E-state index in [0.717, 1.165) is 26.6 Å². The number of rotatable bonds is 1. The van der Waals surface area contributed by atoms with Crippen molar-refractivity contribution in [2.24, 2.45) is 0 Å². The van der Waals surface area contributed by atoms with Crippen LogP contribution in [0.5, 0.6) is 0 Å². The Hall–Kier alpha value is -1.86. The number of nitrogens with zero attached hydrogens (tertiary/aromatic N) is 4. The van der Waals surface area contributed by atoms with Crippen molar-refractivity contribution in [2.45, 2.75) is 6.42 Å². The van der Waals surface area contributed by atoms with Gasteiger partial charge in [-0.1, -0.05) is 15.9 Å². The normalized spacial score (nSPS) is 14.1. The van der Waals surface area contributed by atoms with Crippen LogP contribution in [0.1, 0.15) is 16.1 Å². The molecule has 3 heterocycles. The fourth-order valence-electron chi connectivity index (χ4n) is 3.01. The smallest absolute Gasteiger partial charge is 0.285 e. The van der Waals surface area contributed by atoms with Crippen LogP contribution in [0, 0.1) is 0 Å². The van der Waals surface area contributed by atoms with E-state index in [2.05, 4.69) is 43.0 Å². The highest BCUT2D eigenvalue weighted by Crippen LogP contribution is 2.30. The molecule has 0 unspecified atom stereocenters. The van der Waals surface area contributed by atoms with Crippen LogP contribution < -0.4 is 5.01 Å². The van der Waals surface area contributed by atoms with E-state index >= 15 is 0 Å². The molecule has 1 amide bonds. The number of anilines is 1. The zero-order valence-electron chi connectivity index (χ0n) is 12.9. The Bertz CT molecular complexity index is 953. The second-order valence-corrected chi connectivity index (χ2v) is 7.55. The molecule has 4 rings (SSSR count). The third-order valence-electron chi connectivity index (χ3n) is 4.22. The van der Waals surface area contributed by atoms with E-state index in [0.29, 0.717) is 12.2 Å². The van der Waals surface area contributed by atoms with Crippen LogP contribution in [0.25, 0.3) is 5.52 Å². The van der Waals surface area contributed by atoms with Gasteiger partial charge in [0.25, 0.3) is 5.91 Å². The molecule has 0 aliphatic carbocycles. The monoisotopic (exact) mass is 448 g/mol. The molecule has 0 radical (unpaired) electrons. The Kier molecular flexibility index (Phi) is 3.85. The first kappa shape index (κ1) is 15.7. The maximum Gasteiger partial charge on any atom is 0.292 e. The molecule has 1 aromatic carbocycles. The zero-order chi connectivity index (χ0) is 16.8. The maximum atomic E-state index is 12.9. The number of pyridine rings is 1. The van der Waals surface area contributed by atoms with Gasteiger partial charge < -0.3 is 0 Å². The molecule has 1 aliphatic heterocycles. The summed E-state index contributed by atoms with van der Waals surface area (Å²) in [6.07, 6.45) is 2.67. The SMILES string of the molecule is CN1c2ccc(Br)cc2CCN1C(=O)c1cc2ccc(Br)cn2n1. The Morgan fingerprint density at radius 2 is 1.92 bits per heavy atom. The third-order valence-corrected chi connectivity index (χ3v) is 5.18. The first-order valence-corrected chi connectivity index (χ1v) is 9.10. The van der Waals surface area contributed by atoms with Crippen molar-refractivity contribution in [1.82, 2.24) is 14.6 Å². The molecule has 0 fully saturated rings. The van der Waals surface area contributed by atoms with Gasteiger partial charge >= 0.3 is 0 Å². The fourth-order valence-corrected chi connectivity index (χ4v) is 3.75. The minimum Gasteiger partial charge on any atom is -0.285 e. The molecule has 2 aromatic heterocycles. The van der Waals surface area contributed by atoms with E-state index in [1.165, 1.54) is 5.56 Å². The minimum atomic E-state index is -0.0918. The van der Waals surface area contributed by atoms with Crippen LogP contribution in [0.2, 0.25) is 0 Å². The van der Waals surface area contributed by atoms with Gasteiger partial charge in [-0.2, -0.15) is 5.10 Å². The average Bonchev–Trinajstić information content (AvgIpc) is 2.97. The van der Waals surface area contributed by atoms with Gasteiger partial charge in [-0.15, -0.1) is 0 Å². The van der Waals surface area contributed by atoms with E-state index in [1.54, 1.807) is 9.52 Å². The highest BCUT2D eigenvalue weighted by Gasteiger charge is 2.28. The van der Waals surface area contributed by atoms with E-state index in [-0.39, 0.29) is 5.91 Å². The van der Waals surface area contributed by atoms with Gasteiger partial charge in [-0.25, -0.2) is 9.52 Å². The molecule has 0 atom stereocenters. The molecule has 0 saturated carbocycles. The number of carbonyl (C=O) groups excluding carboxylic acids is 1. The summed E-state index contributed by atoms with van der Waals surface area (Å²) in [7, 11) is 1.91. The molecule has 122 valence electrons. The zero-order valence-corrected chi connectivity index (χ0v) is 16.1. The second kappa shape index (κ2) is 5.89. The number of hydrogen-bond donors (Lipinski definition) is 0. The number of aromatic nitrogens is 2. The maximum absolute atomic E-state index is 12.9. The van der Waals surface area contributed by atoms with Crippen LogP contribution in [0.4, 0.5) is 5.69 Å². The van der Waals surface area contributed by atoms with Crippen LogP contribution >= 0.6 is 31.9 Å². The number of halogens is 2. The van der Waals surface area contributed by atoms with E-state index in [1.807, 2.05) is 48.6 Å². The third kappa shape index (κ3) is 2.61. The number of hydrogen-bond acceptors (Lipinski definition) is 3. The first-order chi connectivity index (χ1) is 11.5. The van der Waals surface area contributed by atoms with Crippen molar-refractivity contribution in [3.05, 3.63) is 62.8 Å². The van der Waals surface area contributed by atoms with Crippen LogP contribution in [0.15, 0.2) is 51.5 Å². The van der Waals surface area contributed by atoms with Gasteiger partial charge in [0.2, 0.25) is 0 Å². The molecule has 5 nitrogen and oxygen atoms in total. The Balaban J connectivity index is 1.67. The lowest BCUT2D eigenvalue weighted by Crippen LogP contribution is -2.48. The van der Waals surface area contributed by atoms with Crippen molar-refractivity contribution in [3.63, 3.8) is 0 Å². The fraction of sp³-hybridized carbons (Fsp3) is 0.176. The summed E-state index contributed by atoms with van der Waals surface area (Å²) in [4.78, 5) is 12.9. The summed E-state index contributed by atoms with van der Waals surface area (Å²) in [6, 6.07) is 11.8. The summed E-state index contributed by atoms with van der Waals surface area (Å²) in [5.74, 6) is -0.0918. The number of fused-ring (bicyclic) bond motifs is 2. The molecule has 0 N–H and O–H groups in total. The predicted octanol–water partition coefficient (Wildman–Crippen LogP) is 3.91. The van der Waals surface area contributed by atoms with Crippen molar-refractivity contribution in [1.29, 1.82) is 0 Å². The van der Waals surface area contributed by atoms with Gasteiger partial charge in [0.05, 0.1) is 11.2 Å². The molecule has 3 aromatic rings. The van der Waals surface area contributed by atoms with Gasteiger partial charge in [0, 0.05) is 28.7 Å². The quantitative estimate of drug-likeness (QED) is 0.565. The molecule has 0 saturated heterocycles. The lowest BCUT2D eigenvalue weighted by molar-refractivity contribution is 0.0732. The lowest BCUT2D eigenvalue weighted by Gasteiger charge is -2.38. The topological polar surface area (TPSA) is 40.9 Å².